The van der Waals surface area contributed by atoms with Crippen LogP contribution in [0.3, 0.4) is 0 Å². The van der Waals surface area contributed by atoms with Crippen molar-refractivity contribution in [3.05, 3.63) is 29.3 Å². The summed E-state index contributed by atoms with van der Waals surface area (Å²) in [4.78, 5) is 3.36. The van der Waals surface area contributed by atoms with E-state index in [1.165, 1.54) is 12.1 Å². The van der Waals surface area contributed by atoms with Gasteiger partial charge in [-0.2, -0.15) is 9.65 Å². The Bertz CT molecular complexity index is 290. The maximum Gasteiger partial charge on any atom is 0.217 e. The van der Waals surface area contributed by atoms with Gasteiger partial charge in [-0.3, -0.25) is 0 Å². The summed E-state index contributed by atoms with van der Waals surface area (Å²) in [5, 5.41) is 8.27. The molecule has 0 aromatic carbocycles. The number of hydrogen-bond donors (Lipinski definition) is 0. The summed E-state index contributed by atoms with van der Waals surface area (Å²) >= 11 is 0. The Kier molecular flexibility index (Phi) is 10.4. The molecule has 0 aliphatic heterocycles. The third kappa shape index (κ3) is 5.26. The number of halogens is 1. The van der Waals surface area contributed by atoms with Crippen LogP contribution in [0.5, 0.6) is 0 Å². The predicted molar refractivity (Wildman–Crippen MR) is 56.3 cm³/mol. The molecule has 0 amide bonds. The standard InChI is InChI=1S/C7H5FN2.2C2H6/c1-5-2-3-6(4-9)10-7(5)8;2*1-2/h2-3H,1H3;2*1-2H3. The van der Waals surface area contributed by atoms with Crippen LogP contribution >= 0.6 is 0 Å². The highest BCUT2D eigenvalue weighted by molar-refractivity contribution is 5.23. The highest BCUT2D eigenvalue weighted by Crippen LogP contribution is 2.02. The Morgan fingerprint density at radius 2 is 1.71 bits per heavy atom. The van der Waals surface area contributed by atoms with Gasteiger partial charge in [0, 0.05) is 5.56 Å². The quantitative estimate of drug-likeness (QED) is 0.596. The summed E-state index contributed by atoms with van der Waals surface area (Å²) in [6, 6.07) is 4.76. The van der Waals surface area contributed by atoms with Crippen LogP contribution in [0.25, 0.3) is 0 Å². The summed E-state index contributed by atoms with van der Waals surface area (Å²) in [6.45, 7) is 9.60. The van der Waals surface area contributed by atoms with Gasteiger partial charge in [0.2, 0.25) is 5.95 Å². The monoisotopic (exact) mass is 196 g/mol. The van der Waals surface area contributed by atoms with E-state index >= 15 is 0 Å². The average Bonchev–Trinajstić information content (AvgIpc) is 2.28. The smallest absolute Gasteiger partial charge is 0.209 e. The summed E-state index contributed by atoms with van der Waals surface area (Å²) < 4.78 is 12.5. The van der Waals surface area contributed by atoms with Crippen LogP contribution in [0.4, 0.5) is 4.39 Å². The molecule has 1 aromatic heterocycles. The molecule has 3 heteroatoms. The maximum atomic E-state index is 12.5. The van der Waals surface area contributed by atoms with E-state index in [0.29, 0.717) is 5.56 Å². The number of nitrogens with zero attached hydrogens (tertiary/aromatic N) is 2. The molecule has 14 heavy (non-hydrogen) atoms. The van der Waals surface area contributed by atoms with Gasteiger partial charge in [-0.05, 0) is 13.0 Å². The van der Waals surface area contributed by atoms with Crippen LogP contribution in [0, 0.1) is 24.2 Å². The third-order valence-corrected chi connectivity index (χ3v) is 1.15. The zero-order valence-corrected chi connectivity index (χ0v) is 9.43. The minimum atomic E-state index is -0.570. The number of rotatable bonds is 0. The summed E-state index contributed by atoms with van der Waals surface area (Å²) in [7, 11) is 0. The second-order valence-corrected chi connectivity index (χ2v) is 1.92. The van der Waals surface area contributed by atoms with Crippen molar-refractivity contribution in [2.24, 2.45) is 0 Å². The van der Waals surface area contributed by atoms with E-state index in [0.717, 1.165) is 0 Å². The first kappa shape index (κ1) is 15.1. The number of aromatic nitrogens is 1. The Labute approximate surface area is 85.4 Å². The molecule has 0 radical (unpaired) electrons. The number of nitriles is 1. The highest BCUT2D eigenvalue weighted by atomic mass is 19.1. The largest absolute Gasteiger partial charge is 0.217 e. The van der Waals surface area contributed by atoms with Gasteiger partial charge in [0.15, 0.2) is 0 Å². The van der Waals surface area contributed by atoms with Crippen molar-refractivity contribution in [3.63, 3.8) is 0 Å². The Morgan fingerprint density at radius 3 is 2.07 bits per heavy atom. The normalized spacial score (nSPS) is 7.21. The fourth-order valence-electron chi connectivity index (χ4n) is 0.566. The lowest BCUT2D eigenvalue weighted by Crippen LogP contribution is -1.90. The molecular formula is C11H17FN2. The highest BCUT2D eigenvalue weighted by Gasteiger charge is 1.98. The van der Waals surface area contributed by atoms with E-state index in [1.807, 2.05) is 27.7 Å². The topological polar surface area (TPSA) is 36.7 Å². The average molecular weight is 196 g/mol. The molecule has 0 N–H and O–H groups in total. The molecule has 0 spiro atoms. The molecular weight excluding hydrogens is 179 g/mol. The number of hydrogen-bond acceptors (Lipinski definition) is 2. The van der Waals surface area contributed by atoms with E-state index < -0.39 is 5.95 Å². The van der Waals surface area contributed by atoms with E-state index in [2.05, 4.69) is 4.98 Å². The van der Waals surface area contributed by atoms with Gasteiger partial charge in [0.05, 0.1) is 0 Å². The number of aryl methyl sites for hydroxylation is 1. The third-order valence-electron chi connectivity index (χ3n) is 1.15. The van der Waals surface area contributed by atoms with Gasteiger partial charge in [-0.1, -0.05) is 33.8 Å². The van der Waals surface area contributed by atoms with Crippen LogP contribution in [0.1, 0.15) is 39.0 Å². The van der Waals surface area contributed by atoms with Crippen molar-refractivity contribution in [2.45, 2.75) is 34.6 Å². The van der Waals surface area contributed by atoms with Crippen molar-refractivity contribution in [3.8, 4) is 6.07 Å². The van der Waals surface area contributed by atoms with Gasteiger partial charge in [-0.15, -0.1) is 0 Å². The first-order valence-corrected chi connectivity index (χ1v) is 4.77. The van der Waals surface area contributed by atoms with Crippen LogP contribution in [-0.2, 0) is 0 Å². The van der Waals surface area contributed by atoms with Crippen molar-refractivity contribution in [1.29, 1.82) is 5.26 Å². The first-order valence-electron chi connectivity index (χ1n) is 4.77. The summed E-state index contributed by atoms with van der Waals surface area (Å²) in [6.07, 6.45) is 0. The molecule has 2 nitrogen and oxygen atoms in total. The van der Waals surface area contributed by atoms with E-state index in [9.17, 15) is 4.39 Å². The molecule has 1 aromatic rings. The first-order chi connectivity index (χ1) is 6.74. The minimum Gasteiger partial charge on any atom is -0.209 e. The molecule has 0 unspecified atom stereocenters. The second kappa shape index (κ2) is 9.66. The van der Waals surface area contributed by atoms with Gasteiger partial charge in [-0.25, -0.2) is 4.98 Å². The Hall–Kier alpha value is -1.43. The van der Waals surface area contributed by atoms with E-state index in [-0.39, 0.29) is 5.69 Å². The van der Waals surface area contributed by atoms with Crippen molar-refractivity contribution in [1.82, 2.24) is 4.98 Å². The number of pyridine rings is 1. The van der Waals surface area contributed by atoms with Crippen molar-refractivity contribution < 1.29 is 4.39 Å². The fraction of sp³-hybridized carbons (Fsp3) is 0.455. The Morgan fingerprint density at radius 1 is 1.21 bits per heavy atom. The molecule has 0 bridgehead atoms. The Balaban J connectivity index is 0. The van der Waals surface area contributed by atoms with Gasteiger partial charge in [0.1, 0.15) is 11.8 Å². The molecule has 0 fully saturated rings. The zero-order chi connectivity index (χ0) is 11.6. The predicted octanol–water partition coefficient (Wildman–Crippen LogP) is 3.45. The van der Waals surface area contributed by atoms with Gasteiger partial charge < -0.3 is 0 Å². The lowest BCUT2D eigenvalue weighted by molar-refractivity contribution is 0.573. The van der Waals surface area contributed by atoms with Gasteiger partial charge in [0.25, 0.3) is 0 Å². The second-order valence-electron chi connectivity index (χ2n) is 1.92. The van der Waals surface area contributed by atoms with Gasteiger partial charge >= 0.3 is 0 Å². The van der Waals surface area contributed by atoms with E-state index in [4.69, 9.17) is 5.26 Å². The molecule has 0 saturated carbocycles. The molecule has 0 aliphatic rings. The molecule has 0 aliphatic carbocycles. The fourth-order valence-corrected chi connectivity index (χ4v) is 0.566. The van der Waals surface area contributed by atoms with E-state index in [1.54, 1.807) is 13.0 Å². The SMILES string of the molecule is CC.CC.Cc1ccc(C#N)nc1F. The molecule has 1 rings (SSSR count). The van der Waals surface area contributed by atoms with Crippen molar-refractivity contribution >= 4 is 0 Å². The summed E-state index contributed by atoms with van der Waals surface area (Å²) in [5.74, 6) is -0.570. The zero-order valence-electron chi connectivity index (χ0n) is 9.43. The van der Waals surface area contributed by atoms with Crippen molar-refractivity contribution in [2.75, 3.05) is 0 Å². The maximum absolute atomic E-state index is 12.5. The lowest BCUT2D eigenvalue weighted by atomic mass is 10.3. The minimum absolute atomic E-state index is 0.114. The van der Waals surface area contributed by atoms with Crippen LogP contribution in [0.2, 0.25) is 0 Å². The lowest BCUT2D eigenvalue weighted by Gasteiger charge is -1.92. The summed E-state index contributed by atoms with van der Waals surface area (Å²) in [5.41, 5.74) is 0.571. The molecule has 0 saturated heterocycles. The molecule has 0 atom stereocenters. The van der Waals surface area contributed by atoms with Crippen LogP contribution in [-0.4, -0.2) is 4.98 Å². The van der Waals surface area contributed by atoms with Crippen LogP contribution in [0.15, 0.2) is 12.1 Å². The molecule has 78 valence electrons. The molecule has 1 heterocycles. The van der Waals surface area contributed by atoms with Crippen LogP contribution < -0.4 is 0 Å².